The fourth-order valence-corrected chi connectivity index (χ4v) is 4.08. The molecule has 36 heavy (non-hydrogen) atoms. The summed E-state index contributed by atoms with van der Waals surface area (Å²) in [6, 6.07) is 6.06. The molecule has 0 saturated carbocycles. The van der Waals surface area contributed by atoms with Crippen LogP contribution in [0.3, 0.4) is 0 Å². The molecular formula is C25H34N4O7. The van der Waals surface area contributed by atoms with E-state index in [2.05, 4.69) is 10.5 Å². The lowest BCUT2D eigenvalue weighted by Crippen LogP contribution is -2.49. The maximum absolute atomic E-state index is 13.4. The highest BCUT2D eigenvalue weighted by atomic mass is 16.5. The summed E-state index contributed by atoms with van der Waals surface area (Å²) in [6.45, 7) is 6.39. The van der Waals surface area contributed by atoms with Crippen LogP contribution >= 0.6 is 0 Å². The monoisotopic (exact) mass is 502 g/mol. The Labute approximate surface area is 210 Å². The molecule has 0 spiro atoms. The first-order valence-electron chi connectivity index (χ1n) is 11.7. The van der Waals surface area contributed by atoms with Crippen molar-refractivity contribution in [2.24, 2.45) is 5.92 Å². The van der Waals surface area contributed by atoms with Gasteiger partial charge < -0.3 is 33.9 Å². The zero-order valence-electron chi connectivity index (χ0n) is 21.6. The van der Waals surface area contributed by atoms with Gasteiger partial charge in [0.1, 0.15) is 24.7 Å². The third-order valence-electron chi connectivity index (χ3n) is 6.15. The van der Waals surface area contributed by atoms with Crippen LogP contribution in [0.4, 0.5) is 5.69 Å². The fraction of sp³-hybridized carbons (Fsp3) is 0.520. The molecule has 0 saturated heterocycles. The van der Waals surface area contributed by atoms with Gasteiger partial charge in [0, 0.05) is 52.0 Å². The predicted octanol–water partition coefficient (Wildman–Crippen LogP) is 2.21. The van der Waals surface area contributed by atoms with Gasteiger partial charge in [0.2, 0.25) is 5.91 Å². The van der Waals surface area contributed by atoms with Gasteiger partial charge in [0.15, 0.2) is 5.69 Å². The second-order valence-corrected chi connectivity index (χ2v) is 9.06. The van der Waals surface area contributed by atoms with Crippen molar-refractivity contribution in [1.29, 1.82) is 0 Å². The highest BCUT2D eigenvalue weighted by Gasteiger charge is 2.30. The van der Waals surface area contributed by atoms with Crippen molar-refractivity contribution in [3.63, 3.8) is 0 Å². The van der Waals surface area contributed by atoms with Crippen molar-refractivity contribution in [3.05, 3.63) is 41.3 Å². The highest BCUT2D eigenvalue weighted by molar-refractivity contribution is 6.04. The van der Waals surface area contributed by atoms with Crippen molar-refractivity contribution in [1.82, 2.24) is 15.0 Å². The van der Waals surface area contributed by atoms with E-state index in [1.54, 1.807) is 49.1 Å². The summed E-state index contributed by atoms with van der Waals surface area (Å²) in [5.41, 5.74) is 0.807. The van der Waals surface area contributed by atoms with E-state index in [1.807, 2.05) is 13.8 Å². The summed E-state index contributed by atoms with van der Waals surface area (Å²) in [6.07, 6.45) is -0.314. The zero-order chi connectivity index (χ0) is 26.4. The molecule has 3 atom stereocenters. The summed E-state index contributed by atoms with van der Waals surface area (Å²) in [5.74, 6) is -0.112. The third-order valence-corrected chi connectivity index (χ3v) is 6.15. The van der Waals surface area contributed by atoms with Crippen LogP contribution in [-0.4, -0.2) is 92.4 Å². The molecular weight excluding hydrogens is 468 g/mol. The van der Waals surface area contributed by atoms with Crippen LogP contribution in [0.15, 0.2) is 28.8 Å². The second-order valence-electron chi connectivity index (χ2n) is 9.06. The maximum atomic E-state index is 13.4. The molecule has 1 aromatic carbocycles. The Balaban J connectivity index is 1.93. The SMILES string of the molecule is COCC(=O)N1C[C@H](C)[C@H](OC)CN(C)C(=O)c2cc(NC(=O)c3cc(C)on3)ccc2OC[C@H]1C. The average Bonchev–Trinajstić information content (AvgIpc) is 3.29. The van der Waals surface area contributed by atoms with Gasteiger partial charge in [-0.25, -0.2) is 0 Å². The van der Waals surface area contributed by atoms with Crippen molar-refractivity contribution in [2.75, 3.05) is 52.9 Å². The minimum Gasteiger partial charge on any atom is -0.491 e. The molecule has 1 aliphatic rings. The number of likely N-dealkylation sites (N-methyl/N-ethyl adjacent to an activating group) is 1. The molecule has 1 N–H and O–H groups in total. The number of ether oxygens (including phenoxy) is 3. The van der Waals surface area contributed by atoms with Crippen LogP contribution in [0, 0.1) is 12.8 Å². The van der Waals surface area contributed by atoms with Crippen LogP contribution in [-0.2, 0) is 14.3 Å². The molecule has 0 aliphatic carbocycles. The predicted molar refractivity (Wildman–Crippen MR) is 131 cm³/mol. The van der Waals surface area contributed by atoms with Crippen LogP contribution in [0.25, 0.3) is 0 Å². The molecule has 1 aliphatic heterocycles. The van der Waals surface area contributed by atoms with E-state index >= 15 is 0 Å². The van der Waals surface area contributed by atoms with Gasteiger partial charge in [-0.05, 0) is 32.0 Å². The Kier molecular flexibility index (Phi) is 9.05. The van der Waals surface area contributed by atoms with Crippen molar-refractivity contribution < 1.29 is 33.1 Å². The molecule has 0 radical (unpaired) electrons. The number of anilines is 1. The van der Waals surface area contributed by atoms with E-state index in [-0.39, 0.29) is 54.3 Å². The van der Waals surface area contributed by atoms with Crippen molar-refractivity contribution >= 4 is 23.4 Å². The van der Waals surface area contributed by atoms with Crippen LogP contribution in [0.5, 0.6) is 5.75 Å². The van der Waals surface area contributed by atoms with E-state index in [9.17, 15) is 14.4 Å². The van der Waals surface area contributed by atoms with E-state index in [0.717, 1.165) is 0 Å². The average molecular weight is 503 g/mol. The van der Waals surface area contributed by atoms with Crippen LogP contribution in [0.2, 0.25) is 0 Å². The summed E-state index contributed by atoms with van der Waals surface area (Å²) >= 11 is 0. The largest absolute Gasteiger partial charge is 0.491 e. The molecule has 1 aromatic heterocycles. The fourth-order valence-electron chi connectivity index (χ4n) is 4.08. The Morgan fingerprint density at radius 3 is 2.58 bits per heavy atom. The zero-order valence-corrected chi connectivity index (χ0v) is 21.6. The smallest absolute Gasteiger partial charge is 0.277 e. The standard InChI is InChI=1S/C25H34N4O7/c1-15-11-29(23(30)14-33-5)16(2)13-35-21-8-7-18(26-24(31)20-9-17(3)36-27-20)10-19(21)25(32)28(4)12-22(15)34-6/h7-10,15-16,22H,11-14H2,1-6H3,(H,26,31)/t15-,16+,22+/m0/s1. The molecule has 2 aromatic rings. The Morgan fingerprint density at radius 1 is 1.19 bits per heavy atom. The molecule has 196 valence electrons. The van der Waals surface area contributed by atoms with Gasteiger partial charge in [-0.2, -0.15) is 0 Å². The molecule has 11 nitrogen and oxygen atoms in total. The Hall–Kier alpha value is -3.44. The van der Waals surface area contributed by atoms with Gasteiger partial charge in [-0.1, -0.05) is 12.1 Å². The first-order valence-corrected chi connectivity index (χ1v) is 11.7. The highest BCUT2D eigenvalue weighted by Crippen LogP contribution is 2.27. The van der Waals surface area contributed by atoms with Gasteiger partial charge in [-0.15, -0.1) is 0 Å². The van der Waals surface area contributed by atoms with E-state index in [4.69, 9.17) is 18.7 Å². The number of nitrogens with one attached hydrogen (secondary N) is 1. The number of aryl methyl sites for hydroxylation is 1. The molecule has 0 unspecified atom stereocenters. The number of benzene rings is 1. The number of amides is 3. The maximum Gasteiger partial charge on any atom is 0.277 e. The van der Waals surface area contributed by atoms with E-state index < -0.39 is 5.91 Å². The number of hydrogen-bond donors (Lipinski definition) is 1. The van der Waals surface area contributed by atoms with Gasteiger partial charge in [-0.3, -0.25) is 14.4 Å². The first kappa shape index (κ1) is 27.2. The number of carbonyl (C=O) groups is 3. The lowest BCUT2D eigenvalue weighted by atomic mass is 10.0. The van der Waals surface area contributed by atoms with Crippen LogP contribution in [0.1, 0.15) is 40.5 Å². The van der Waals surface area contributed by atoms with Crippen LogP contribution < -0.4 is 10.1 Å². The summed E-state index contributed by atoms with van der Waals surface area (Å²) < 4.78 is 21.8. The first-order chi connectivity index (χ1) is 17.1. The number of carbonyl (C=O) groups excluding carboxylic acids is 3. The third kappa shape index (κ3) is 6.41. The normalized spacial score (nSPS) is 21.2. The van der Waals surface area contributed by atoms with Gasteiger partial charge >= 0.3 is 0 Å². The van der Waals surface area contributed by atoms with Crippen molar-refractivity contribution in [2.45, 2.75) is 32.9 Å². The number of hydrogen-bond acceptors (Lipinski definition) is 8. The number of aromatic nitrogens is 1. The quantitative estimate of drug-likeness (QED) is 0.660. The second kappa shape index (κ2) is 12.0. The Morgan fingerprint density at radius 2 is 1.94 bits per heavy atom. The van der Waals surface area contributed by atoms with Crippen molar-refractivity contribution in [3.8, 4) is 5.75 Å². The summed E-state index contributed by atoms with van der Waals surface area (Å²) in [7, 11) is 4.75. The topological polar surface area (TPSA) is 123 Å². The summed E-state index contributed by atoms with van der Waals surface area (Å²) in [4.78, 5) is 42.0. The molecule has 11 heteroatoms. The molecule has 0 bridgehead atoms. The lowest BCUT2D eigenvalue weighted by Gasteiger charge is -2.36. The van der Waals surface area contributed by atoms with Gasteiger partial charge in [0.25, 0.3) is 11.8 Å². The lowest BCUT2D eigenvalue weighted by molar-refractivity contribution is -0.139. The Bertz CT molecular complexity index is 1090. The molecule has 3 rings (SSSR count). The van der Waals surface area contributed by atoms with E-state index in [1.165, 1.54) is 13.2 Å². The summed E-state index contributed by atoms with van der Waals surface area (Å²) in [5, 5.41) is 6.46. The minimum atomic E-state index is -0.462. The minimum absolute atomic E-state index is 0.0439. The number of fused-ring (bicyclic) bond motifs is 1. The molecule has 0 fully saturated rings. The molecule has 3 amide bonds. The number of methoxy groups -OCH3 is 2. The molecule has 2 heterocycles. The van der Waals surface area contributed by atoms with Gasteiger partial charge in [0.05, 0.1) is 17.7 Å². The number of nitrogens with zero attached hydrogens (tertiary/aromatic N) is 3. The number of rotatable bonds is 5. The van der Waals surface area contributed by atoms with E-state index in [0.29, 0.717) is 30.3 Å².